The highest BCUT2D eigenvalue weighted by atomic mass is 17.0. The monoisotopic (exact) mass is 418 g/mol. The molecule has 0 spiro atoms. The third-order valence-electron chi connectivity index (χ3n) is 4.76. The van der Waals surface area contributed by atoms with E-state index in [4.69, 9.17) is 9.37 Å². The Kier molecular flexibility index (Phi) is 5.76. The topological polar surface area (TPSA) is 161 Å². The summed E-state index contributed by atoms with van der Waals surface area (Å²) in [6.07, 6.45) is -0.733. The first-order valence-corrected chi connectivity index (χ1v) is 8.93. The zero-order valence-corrected chi connectivity index (χ0v) is 16.4. The molecule has 0 bridgehead atoms. The minimum atomic E-state index is -1.07. The van der Waals surface area contributed by atoms with Gasteiger partial charge in [0.15, 0.2) is 0 Å². The molecule has 1 aliphatic rings. The summed E-state index contributed by atoms with van der Waals surface area (Å²) in [5.74, 6) is -1.89. The summed E-state index contributed by atoms with van der Waals surface area (Å²) in [7, 11) is 0. The first kappa shape index (κ1) is 20.9. The van der Waals surface area contributed by atoms with Crippen LogP contribution in [-0.4, -0.2) is 39.0 Å². The van der Waals surface area contributed by atoms with Crippen LogP contribution in [0.15, 0.2) is 45.2 Å². The Morgan fingerprint density at radius 3 is 2.67 bits per heavy atom. The molecule has 0 radical (unpaired) electrons. The second-order valence-corrected chi connectivity index (χ2v) is 6.94. The lowest BCUT2D eigenvalue weighted by Crippen LogP contribution is -2.29. The van der Waals surface area contributed by atoms with E-state index in [-0.39, 0.29) is 17.7 Å². The molecule has 0 unspecified atom stereocenters. The number of rotatable bonds is 7. The Hall–Kier alpha value is -3.83. The zero-order valence-electron chi connectivity index (χ0n) is 16.4. The fraction of sp³-hybridized carbons (Fsp3) is 0.389. The van der Waals surface area contributed by atoms with Crippen molar-refractivity contribution >= 4 is 17.0 Å². The van der Waals surface area contributed by atoms with E-state index in [2.05, 4.69) is 15.2 Å². The molecule has 2 aromatic rings. The minimum absolute atomic E-state index is 0.0794. The molecular weight excluding hydrogens is 400 g/mol. The SMILES string of the molecule is CC1=C(C(=O)O[C@H](C)CO[N+](=O)[O-])[C@@H](c2cccc3nonc23)C([N+](=O)[O-])=C(C)C1. The van der Waals surface area contributed by atoms with Gasteiger partial charge in [-0.25, -0.2) is 9.42 Å². The molecule has 12 nitrogen and oxygen atoms in total. The molecule has 1 aliphatic carbocycles. The van der Waals surface area contributed by atoms with Crippen molar-refractivity contribution in [3.8, 4) is 0 Å². The predicted molar refractivity (Wildman–Crippen MR) is 100 cm³/mol. The van der Waals surface area contributed by atoms with E-state index in [1.807, 2.05) is 0 Å². The van der Waals surface area contributed by atoms with Gasteiger partial charge in [-0.2, -0.15) is 0 Å². The minimum Gasteiger partial charge on any atom is -0.457 e. The summed E-state index contributed by atoms with van der Waals surface area (Å²) in [5, 5.41) is 28.9. The van der Waals surface area contributed by atoms with Crippen molar-refractivity contribution in [2.75, 3.05) is 6.61 Å². The van der Waals surface area contributed by atoms with Gasteiger partial charge in [-0.05, 0) is 43.6 Å². The van der Waals surface area contributed by atoms with Crippen molar-refractivity contribution in [3.63, 3.8) is 0 Å². The molecule has 1 aromatic carbocycles. The number of hydrogen-bond acceptors (Lipinski definition) is 10. The van der Waals surface area contributed by atoms with E-state index in [1.54, 1.807) is 32.0 Å². The maximum atomic E-state index is 13.0. The van der Waals surface area contributed by atoms with Crippen molar-refractivity contribution in [1.29, 1.82) is 0 Å². The number of nitro groups is 1. The second kappa shape index (κ2) is 8.27. The van der Waals surface area contributed by atoms with Crippen molar-refractivity contribution in [2.24, 2.45) is 0 Å². The highest BCUT2D eigenvalue weighted by Crippen LogP contribution is 2.44. The fourth-order valence-corrected chi connectivity index (χ4v) is 3.58. The van der Waals surface area contributed by atoms with Crippen LogP contribution in [0.4, 0.5) is 0 Å². The van der Waals surface area contributed by atoms with Crippen molar-refractivity contribution in [1.82, 2.24) is 10.3 Å². The van der Waals surface area contributed by atoms with Crippen molar-refractivity contribution in [3.05, 3.63) is 66.4 Å². The number of nitrogens with zero attached hydrogens (tertiary/aromatic N) is 4. The lowest BCUT2D eigenvalue weighted by Gasteiger charge is -2.26. The molecule has 1 heterocycles. The number of aromatic nitrogens is 2. The van der Waals surface area contributed by atoms with E-state index in [0.717, 1.165) is 0 Å². The lowest BCUT2D eigenvalue weighted by atomic mass is 9.78. The van der Waals surface area contributed by atoms with Crippen LogP contribution in [0.1, 0.15) is 38.7 Å². The van der Waals surface area contributed by atoms with Gasteiger partial charge in [0.2, 0.25) is 0 Å². The average Bonchev–Trinajstić information content (AvgIpc) is 3.14. The summed E-state index contributed by atoms with van der Waals surface area (Å²) in [6, 6.07) is 4.88. The van der Waals surface area contributed by atoms with Crippen LogP contribution < -0.4 is 0 Å². The van der Waals surface area contributed by atoms with Gasteiger partial charge in [-0.15, -0.1) is 10.1 Å². The number of benzene rings is 1. The fourth-order valence-electron chi connectivity index (χ4n) is 3.58. The zero-order chi connectivity index (χ0) is 22.0. The third kappa shape index (κ3) is 3.97. The van der Waals surface area contributed by atoms with Gasteiger partial charge < -0.3 is 9.57 Å². The maximum Gasteiger partial charge on any atom is 0.335 e. The van der Waals surface area contributed by atoms with Gasteiger partial charge in [-0.1, -0.05) is 17.7 Å². The number of carbonyl (C=O) groups excluding carboxylic acids is 1. The predicted octanol–water partition coefficient (Wildman–Crippen LogP) is 2.72. The number of ether oxygens (including phenoxy) is 1. The molecule has 0 amide bonds. The molecule has 1 aromatic heterocycles. The third-order valence-corrected chi connectivity index (χ3v) is 4.76. The van der Waals surface area contributed by atoms with Gasteiger partial charge in [-0.3, -0.25) is 10.1 Å². The number of allylic oxidation sites excluding steroid dienone is 3. The van der Waals surface area contributed by atoms with E-state index >= 15 is 0 Å². The Morgan fingerprint density at radius 2 is 2.00 bits per heavy atom. The highest BCUT2D eigenvalue weighted by molar-refractivity contribution is 5.94. The van der Waals surface area contributed by atoms with Crippen LogP contribution >= 0.6 is 0 Å². The van der Waals surface area contributed by atoms with Crippen LogP contribution in [0.5, 0.6) is 0 Å². The summed E-state index contributed by atoms with van der Waals surface area (Å²) in [6.45, 7) is 4.27. The Bertz CT molecular complexity index is 1090. The highest BCUT2D eigenvalue weighted by Gasteiger charge is 2.42. The van der Waals surface area contributed by atoms with Crippen molar-refractivity contribution < 1.29 is 29.0 Å². The molecule has 0 aliphatic heterocycles. The standard InChI is InChI=1S/C18H18N4O8/c1-9-7-10(2)17(21(24)25)15(12-5-4-6-13-16(12)20-30-19-13)14(9)18(23)29-11(3)8-28-22(26)27/h4-6,11,15H,7-8H2,1-3H3/t11-,15-/m1/s1. The van der Waals surface area contributed by atoms with Gasteiger partial charge in [0.05, 0.1) is 10.5 Å². The lowest BCUT2D eigenvalue weighted by molar-refractivity contribution is -0.759. The molecule has 0 saturated heterocycles. The molecule has 0 N–H and O–H groups in total. The second-order valence-electron chi connectivity index (χ2n) is 6.94. The van der Waals surface area contributed by atoms with E-state index in [1.165, 1.54) is 6.92 Å². The molecule has 3 rings (SSSR count). The normalized spacial score (nSPS) is 17.8. The van der Waals surface area contributed by atoms with Gasteiger partial charge in [0.25, 0.3) is 10.8 Å². The number of carbonyl (C=O) groups is 1. The smallest absolute Gasteiger partial charge is 0.335 e. The summed E-state index contributed by atoms with van der Waals surface area (Å²) >= 11 is 0. The summed E-state index contributed by atoms with van der Waals surface area (Å²) < 4.78 is 10.1. The van der Waals surface area contributed by atoms with E-state index < -0.39 is 34.6 Å². The Balaban J connectivity index is 2.06. The van der Waals surface area contributed by atoms with E-state index in [0.29, 0.717) is 27.7 Å². The van der Waals surface area contributed by atoms with Crippen LogP contribution in [0.2, 0.25) is 0 Å². The van der Waals surface area contributed by atoms with Gasteiger partial charge >= 0.3 is 5.97 Å². The van der Waals surface area contributed by atoms with Crippen molar-refractivity contribution in [2.45, 2.75) is 39.2 Å². The first-order chi connectivity index (χ1) is 14.2. The van der Waals surface area contributed by atoms with Crippen LogP contribution in [0.25, 0.3) is 11.0 Å². The Labute approximate surface area is 169 Å². The van der Waals surface area contributed by atoms with Gasteiger partial charge in [0.1, 0.15) is 29.7 Å². The summed E-state index contributed by atoms with van der Waals surface area (Å²) in [4.78, 5) is 39.0. The van der Waals surface area contributed by atoms with E-state index in [9.17, 15) is 25.0 Å². The Morgan fingerprint density at radius 1 is 1.27 bits per heavy atom. The first-order valence-electron chi connectivity index (χ1n) is 8.93. The quantitative estimate of drug-likeness (QED) is 0.371. The molecule has 0 saturated carbocycles. The maximum absolute atomic E-state index is 13.0. The largest absolute Gasteiger partial charge is 0.457 e. The van der Waals surface area contributed by atoms with Gasteiger partial charge in [0, 0.05) is 11.1 Å². The van der Waals surface area contributed by atoms with Crippen LogP contribution in [0, 0.1) is 20.2 Å². The molecule has 12 heteroatoms. The molecule has 158 valence electrons. The average molecular weight is 418 g/mol. The number of fused-ring (bicyclic) bond motifs is 1. The van der Waals surface area contributed by atoms with Crippen LogP contribution in [0.3, 0.4) is 0 Å². The molecule has 30 heavy (non-hydrogen) atoms. The molecule has 2 atom stereocenters. The molecule has 0 fully saturated rings. The molecular formula is C18H18N4O8. The summed E-state index contributed by atoms with van der Waals surface area (Å²) in [5.41, 5.74) is 2.06. The number of hydrogen-bond donors (Lipinski definition) is 0. The number of esters is 1. The van der Waals surface area contributed by atoms with Crippen LogP contribution in [-0.2, 0) is 14.4 Å².